The highest BCUT2D eigenvalue weighted by Gasteiger charge is 2.26. The Bertz CT molecular complexity index is 921. The molecule has 1 unspecified atom stereocenters. The Labute approximate surface area is 179 Å². The molecule has 0 saturated carbocycles. The summed E-state index contributed by atoms with van der Waals surface area (Å²) in [7, 11) is 0. The largest absolute Gasteiger partial charge is 0.382 e. The highest BCUT2D eigenvalue weighted by molar-refractivity contribution is 6.02. The molecule has 0 aliphatic carbocycles. The molecule has 0 aliphatic heterocycles. The topological polar surface area (TPSA) is 74.6 Å². The van der Waals surface area contributed by atoms with E-state index in [0.717, 1.165) is 23.1 Å². The maximum Gasteiger partial charge on any atom is 0.193 e. The van der Waals surface area contributed by atoms with Gasteiger partial charge >= 0.3 is 0 Å². The normalized spacial score (nSPS) is 13.8. The standard InChI is InChI=1S/C26H32O4/c1-7-18(20-10-14-22(15-11-20)24(28)26(5,6)30)16-17(2)19-8-12-21(13-9-19)23(27)25(3,4)29/h7-15,17,29-30H,16H2,1-6H3. The number of ketones is 2. The van der Waals surface area contributed by atoms with Crippen molar-refractivity contribution in [2.24, 2.45) is 0 Å². The predicted octanol–water partition coefficient (Wildman–Crippen LogP) is 5.19. The van der Waals surface area contributed by atoms with Crippen LogP contribution in [-0.2, 0) is 0 Å². The fourth-order valence-electron chi connectivity index (χ4n) is 3.36. The molecule has 0 bridgehead atoms. The fourth-order valence-corrected chi connectivity index (χ4v) is 3.36. The molecule has 0 heterocycles. The average Bonchev–Trinajstić information content (AvgIpc) is 2.69. The first-order valence-electron chi connectivity index (χ1n) is 10.2. The molecule has 0 saturated heterocycles. The van der Waals surface area contributed by atoms with E-state index in [4.69, 9.17) is 0 Å². The molecule has 2 aromatic carbocycles. The zero-order valence-electron chi connectivity index (χ0n) is 18.7. The van der Waals surface area contributed by atoms with E-state index in [1.165, 1.54) is 27.7 Å². The summed E-state index contributed by atoms with van der Waals surface area (Å²) in [5.74, 6) is -0.373. The molecule has 0 amide bonds. The highest BCUT2D eigenvalue weighted by atomic mass is 16.3. The Kier molecular flexibility index (Phi) is 7.17. The van der Waals surface area contributed by atoms with E-state index < -0.39 is 11.2 Å². The van der Waals surface area contributed by atoms with Crippen molar-refractivity contribution in [1.29, 1.82) is 0 Å². The Hall–Kier alpha value is -2.56. The van der Waals surface area contributed by atoms with Gasteiger partial charge in [0.15, 0.2) is 11.6 Å². The van der Waals surface area contributed by atoms with Gasteiger partial charge in [-0.25, -0.2) is 0 Å². The lowest BCUT2D eigenvalue weighted by Crippen LogP contribution is -2.31. The number of allylic oxidation sites excluding steroid dienone is 2. The van der Waals surface area contributed by atoms with Gasteiger partial charge in [-0.15, -0.1) is 0 Å². The number of hydrogen-bond donors (Lipinski definition) is 2. The molecule has 4 nitrogen and oxygen atoms in total. The van der Waals surface area contributed by atoms with Gasteiger partial charge in [0.25, 0.3) is 0 Å². The smallest absolute Gasteiger partial charge is 0.193 e. The summed E-state index contributed by atoms with van der Waals surface area (Å²) in [6.45, 7) is 10.1. The van der Waals surface area contributed by atoms with Crippen LogP contribution in [0.2, 0.25) is 0 Å². The van der Waals surface area contributed by atoms with Crippen LogP contribution in [0.3, 0.4) is 0 Å². The monoisotopic (exact) mass is 408 g/mol. The van der Waals surface area contributed by atoms with Crippen molar-refractivity contribution >= 4 is 17.1 Å². The molecule has 2 N–H and O–H groups in total. The molecular weight excluding hydrogens is 376 g/mol. The summed E-state index contributed by atoms with van der Waals surface area (Å²) in [6, 6.07) is 14.7. The van der Waals surface area contributed by atoms with Crippen molar-refractivity contribution in [2.45, 2.75) is 65.1 Å². The van der Waals surface area contributed by atoms with E-state index in [0.29, 0.717) is 11.1 Å². The van der Waals surface area contributed by atoms with Gasteiger partial charge in [-0.05, 0) is 63.7 Å². The number of rotatable bonds is 8. The minimum atomic E-state index is -1.39. The van der Waals surface area contributed by atoms with E-state index in [1.54, 1.807) is 24.3 Å². The van der Waals surface area contributed by atoms with Gasteiger partial charge in [-0.2, -0.15) is 0 Å². The van der Waals surface area contributed by atoms with Crippen molar-refractivity contribution in [3.8, 4) is 0 Å². The van der Waals surface area contributed by atoms with Crippen LogP contribution < -0.4 is 0 Å². The van der Waals surface area contributed by atoms with Crippen LogP contribution in [0.25, 0.3) is 5.57 Å². The van der Waals surface area contributed by atoms with Crippen LogP contribution in [0.5, 0.6) is 0 Å². The molecule has 0 spiro atoms. The number of benzene rings is 2. The number of aliphatic hydroxyl groups is 2. The SMILES string of the molecule is CC=C(CC(C)c1ccc(C(=O)C(C)(C)O)cc1)c1ccc(C(=O)C(C)(C)O)cc1. The van der Waals surface area contributed by atoms with Gasteiger partial charge in [0, 0.05) is 11.1 Å². The third kappa shape index (κ3) is 5.74. The number of hydrogen-bond acceptors (Lipinski definition) is 4. The van der Waals surface area contributed by atoms with Crippen molar-refractivity contribution < 1.29 is 19.8 Å². The second kappa shape index (κ2) is 9.07. The molecule has 0 radical (unpaired) electrons. The minimum Gasteiger partial charge on any atom is -0.382 e. The number of carbonyl (C=O) groups is 2. The minimum absolute atomic E-state index is 0.222. The zero-order valence-corrected chi connectivity index (χ0v) is 18.7. The Balaban J connectivity index is 2.14. The van der Waals surface area contributed by atoms with Crippen molar-refractivity contribution in [1.82, 2.24) is 0 Å². The fraction of sp³-hybridized carbons (Fsp3) is 0.385. The van der Waals surface area contributed by atoms with Crippen LogP contribution in [0, 0.1) is 0 Å². The molecule has 160 valence electrons. The van der Waals surface area contributed by atoms with Crippen LogP contribution in [-0.4, -0.2) is 33.0 Å². The van der Waals surface area contributed by atoms with E-state index in [2.05, 4.69) is 13.0 Å². The molecule has 2 aromatic rings. The second-order valence-corrected chi connectivity index (χ2v) is 8.89. The summed E-state index contributed by atoms with van der Waals surface area (Å²) < 4.78 is 0. The molecule has 30 heavy (non-hydrogen) atoms. The van der Waals surface area contributed by atoms with Crippen molar-refractivity contribution in [2.75, 3.05) is 0 Å². The first-order valence-corrected chi connectivity index (χ1v) is 10.2. The quantitative estimate of drug-likeness (QED) is 0.590. The maximum absolute atomic E-state index is 12.2. The lowest BCUT2D eigenvalue weighted by Gasteiger charge is -2.18. The summed E-state index contributed by atoms with van der Waals surface area (Å²) >= 11 is 0. The third-order valence-electron chi connectivity index (χ3n) is 5.25. The molecule has 0 fully saturated rings. The lowest BCUT2D eigenvalue weighted by atomic mass is 9.88. The summed E-state index contributed by atoms with van der Waals surface area (Å²) in [4.78, 5) is 24.4. The molecule has 2 rings (SSSR count). The third-order valence-corrected chi connectivity index (χ3v) is 5.25. The zero-order chi connectivity index (χ0) is 22.7. The Morgan fingerprint density at radius 1 is 0.800 bits per heavy atom. The Morgan fingerprint density at radius 2 is 1.17 bits per heavy atom. The van der Waals surface area contributed by atoms with E-state index >= 15 is 0 Å². The van der Waals surface area contributed by atoms with Crippen molar-refractivity contribution in [3.05, 3.63) is 76.9 Å². The van der Waals surface area contributed by atoms with E-state index in [-0.39, 0.29) is 17.5 Å². The Morgan fingerprint density at radius 3 is 1.53 bits per heavy atom. The van der Waals surface area contributed by atoms with Crippen molar-refractivity contribution in [3.63, 3.8) is 0 Å². The van der Waals surface area contributed by atoms with E-state index in [9.17, 15) is 19.8 Å². The average molecular weight is 409 g/mol. The molecular formula is C26H32O4. The second-order valence-electron chi connectivity index (χ2n) is 8.89. The van der Waals surface area contributed by atoms with E-state index in [1.807, 2.05) is 31.2 Å². The first-order chi connectivity index (χ1) is 13.8. The predicted molar refractivity (Wildman–Crippen MR) is 121 cm³/mol. The maximum atomic E-state index is 12.2. The van der Waals surface area contributed by atoms with Crippen LogP contribution in [0.4, 0.5) is 0 Å². The number of Topliss-reactive ketones (excluding diaryl/α,β-unsaturated/α-hetero) is 2. The molecule has 0 aromatic heterocycles. The highest BCUT2D eigenvalue weighted by Crippen LogP contribution is 2.30. The summed E-state index contributed by atoms with van der Waals surface area (Å²) in [5.41, 5.74) is 1.50. The van der Waals surface area contributed by atoms with Gasteiger partial charge in [0.2, 0.25) is 0 Å². The lowest BCUT2D eigenvalue weighted by molar-refractivity contribution is 0.0487. The van der Waals surface area contributed by atoms with Crippen LogP contribution in [0.1, 0.15) is 85.7 Å². The molecule has 1 atom stereocenters. The molecule has 0 aliphatic rings. The summed E-state index contributed by atoms with van der Waals surface area (Å²) in [6.07, 6.45) is 2.86. The van der Waals surface area contributed by atoms with Gasteiger partial charge in [-0.3, -0.25) is 9.59 Å². The van der Waals surface area contributed by atoms with Gasteiger partial charge in [-0.1, -0.05) is 61.5 Å². The molecule has 4 heteroatoms. The summed E-state index contributed by atoms with van der Waals surface area (Å²) in [5, 5.41) is 19.8. The first kappa shape index (κ1) is 23.7. The van der Waals surface area contributed by atoms with Gasteiger partial charge < -0.3 is 10.2 Å². The van der Waals surface area contributed by atoms with Gasteiger partial charge in [0.05, 0.1) is 0 Å². The number of carbonyl (C=O) groups excluding carboxylic acids is 2. The van der Waals surface area contributed by atoms with Crippen LogP contribution >= 0.6 is 0 Å². The van der Waals surface area contributed by atoms with Crippen LogP contribution in [0.15, 0.2) is 54.6 Å². The van der Waals surface area contributed by atoms with Gasteiger partial charge in [0.1, 0.15) is 11.2 Å².